The van der Waals surface area contributed by atoms with Crippen LogP contribution in [0.4, 0.5) is 0 Å². The van der Waals surface area contributed by atoms with Crippen molar-refractivity contribution >= 4 is 16.8 Å². The van der Waals surface area contributed by atoms with Crippen LogP contribution in [-0.2, 0) is 6.54 Å². The number of imidazole rings is 1. The highest BCUT2D eigenvalue weighted by Gasteiger charge is 2.29. The molecule has 1 saturated heterocycles. The molecular formula is C21H23N5O2. The highest BCUT2D eigenvalue weighted by molar-refractivity contribution is 5.92. The number of aromatic amines is 1. The fraction of sp³-hybridized carbons (Fsp3) is 0.429. The number of carbonyl (C=O) groups is 1. The lowest BCUT2D eigenvalue weighted by atomic mass is 9.95. The Kier molecular flexibility index (Phi) is 4.22. The summed E-state index contributed by atoms with van der Waals surface area (Å²) < 4.78 is 2.29. The summed E-state index contributed by atoms with van der Waals surface area (Å²) in [6, 6.07) is 7.08. The van der Waals surface area contributed by atoms with Crippen LogP contribution in [0.25, 0.3) is 10.9 Å². The van der Waals surface area contributed by atoms with Crippen LogP contribution in [0.3, 0.4) is 0 Å². The topological polar surface area (TPSA) is 83.9 Å². The van der Waals surface area contributed by atoms with Crippen molar-refractivity contribution in [2.45, 2.75) is 38.1 Å². The van der Waals surface area contributed by atoms with Crippen molar-refractivity contribution in [1.29, 1.82) is 0 Å². The second kappa shape index (κ2) is 6.89. The van der Waals surface area contributed by atoms with Crippen molar-refractivity contribution in [3.8, 4) is 0 Å². The minimum atomic E-state index is -0.272. The average Bonchev–Trinajstić information content (AvgIpc) is 3.42. The second-order valence-corrected chi connectivity index (χ2v) is 7.88. The Morgan fingerprint density at radius 3 is 2.71 bits per heavy atom. The van der Waals surface area contributed by atoms with Gasteiger partial charge in [0.25, 0.3) is 11.5 Å². The molecule has 1 saturated carbocycles. The third-order valence-corrected chi connectivity index (χ3v) is 5.86. The van der Waals surface area contributed by atoms with Crippen LogP contribution in [0.5, 0.6) is 0 Å². The van der Waals surface area contributed by atoms with E-state index < -0.39 is 0 Å². The lowest BCUT2D eigenvalue weighted by Gasteiger charge is -2.31. The number of nitrogens with one attached hydrogen (secondary N) is 1. The van der Waals surface area contributed by atoms with Gasteiger partial charge in [-0.1, -0.05) is 12.1 Å². The van der Waals surface area contributed by atoms with E-state index in [1.54, 1.807) is 23.1 Å². The van der Waals surface area contributed by atoms with E-state index in [9.17, 15) is 9.59 Å². The fourth-order valence-electron chi connectivity index (χ4n) is 4.09. The molecule has 3 heterocycles. The molecule has 28 heavy (non-hydrogen) atoms. The maximum atomic E-state index is 12.9. The van der Waals surface area contributed by atoms with Gasteiger partial charge in [-0.3, -0.25) is 9.59 Å². The molecule has 2 fully saturated rings. The number of likely N-dealkylation sites (tertiary alicyclic amines) is 1. The number of hydrogen-bond acceptors (Lipinski definition) is 4. The fourth-order valence-corrected chi connectivity index (χ4v) is 4.09. The van der Waals surface area contributed by atoms with E-state index in [-0.39, 0.29) is 17.3 Å². The minimum Gasteiger partial charge on any atom is -0.336 e. The Morgan fingerprint density at radius 2 is 1.93 bits per heavy atom. The van der Waals surface area contributed by atoms with Gasteiger partial charge < -0.3 is 14.5 Å². The van der Waals surface area contributed by atoms with Gasteiger partial charge in [-0.2, -0.15) is 0 Å². The van der Waals surface area contributed by atoms with Crippen molar-refractivity contribution in [2.75, 3.05) is 13.1 Å². The third-order valence-electron chi connectivity index (χ3n) is 5.86. The zero-order valence-corrected chi connectivity index (χ0v) is 15.7. The van der Waals surface area contributed by atoms with Crippen LogP contribution in [0.2, 0.25) is 0 Å². The standard InChI is InChI=1S/C21H23N5O2/c27-20-16-3-1-2-4-17(16)23-18(24-20)21(28)25-10-7-15(8-11-25)19-22-9-12-26(19)13-14-5-6-14/h1-4,9,12,14-15H,5-8,10-11,13H2,(H,23,24,27). The first-order chi connectivity index (χ1) is 13.7. The quantitative estimate of drug-likeness (QED) is 0.757. The van der Waals surface area contributed by atoms with E-state index >= 15 is 0 Å². The Morgan fingerprint density at radius 1 is 1.14 bits per heavy atom. The summed E-state index contributed by atoms with van der Waals surface area (Å²) in [5.41, 5.74) is 0.275. The number of para-hydroxylation sites is 1. The molecule has 0 spiro atoms. The van der Waals surface area contributed by atoms with Gasteiger partial charge in [0.2, 0.25) is 0 Å². The Balaban J connectivity index is 1.30. The average molecular weight is 377 g/mol. The summed E-state index contributed by atoms with van der Waals surface area (Å²) in [5.74, 6) is 2.25. The Labute approximate surface area is 162 Å². The molecule has 1 aliphatic carbocycles. The van der Waals surface area contributed by atoms with Gasteiger partial charge in [-0.05, 0) is 43.7 Å². The van der Waals surface area contributed by atoms with Crippen LogP contribution in [0.1, 0.15) is 48.0 Å². The predicted octanol–water partition coefficient (Wildman–Crippen LogP) is 2.55. The van der Waals surface area contributed by atoms with Gasteiger partial charge in [0.1, 0.15) is 5.82 Å². The van der Waals surface area contributed by atoms with Crippen molar-refractivity contribution in [3.63, 3.8) is 0 Å². The van der Waals surface area contributed by atoms with Crippen LogP contribution in [0.15, 0.2) is 41.5 Å². The van der Waals surface area contributed by atoms with Crippen LogP contribution < -0.4 is 5.56 Å². The molecule has 0 bridgehead atoms. The largest absolute Gasteiger partial charge is 0.336 e. The molecule has 2 aliphatic rings. The molecule has 1 amide bonds. The van der Waals surface area contributed by atoms with Gasteiger partial charge in [0.05, 0.1) is 10.9 Å². The zero-order chi connectivity index (χ0) is 19.1. The van der Waals surface area contributed by atoms with E-state index in [0.717, 1.165) is 31.1 Å². The number of nitrogens with zero attached hydrogens (tertiary/aromatic N) is 4. The first-order valence-electron chi connectivity index (χ1n) is 9.98. The molecule has 1 N–H and O–H groups in total. The Bertz CT molecular complexity index is 1070. The lowest BCUT2D eigenvalue weighted by Crippen LogP contribution is -2.39. The van der Waals surface area contributed by atoms with E-state index in [4.69, 9.17) is 0 Å². The van der Waals surface area contributed by atoms with Gasteiger partial charge in [-0.15, -0.1) is 0 Å². The van der Waals surface area contributed by atoms with E-state index in [1.807, 2.05) is 12.3 Å². The van der Waals surface area contributed by atoms with Crippen molar-refractivity contribution in [3.05, 3.63) is 58.7 Å². The highest BCUT2D eigenvalue weighted by Crippen LogP contribution is 2.33. The molecule has 0 radical (unpaired) electrons. The van der Waals surface area contributed by atoms with E-state index in [0.29, 0.717) is 29.9 Å². The third kappa shape index (κ3) is 3.21. The summed E-state index contributed by atoms with van der Waals surface area (Å²) in [6.07, 6.45) is 8.37. The number of amides is 1. The lowest BCUT2D eigenvalue weighted by molar-refractivity contribution is 0.0698. The predicted molar refractivity (Wildman–Crippen MR) is 105 cm³/mol. The molecule has 7 heteroatoms. The molecule has 2 aromatic heterocycles. The second-order valence-electron chi connectivity index (χ2n) is 7.88. The van der Waals surface area contributed by atoms with Gasteiger partial charge in [0, 0.05) is 37.9 Å². The maximum Gasteiger partial charge on any atom is 0.289 e. The van der Waals surface area contributed by atoms with Crippen molar-refractivity contribution in [1.82, 2.24) is 24.4 Å². The number of piperidine rings is 1. The smallest absolute Gasteiger partial charge is 0.289 e. The molecule has 3 aromatic rings. The van der Waals surface area contributed by atoms with Gasteiger partial charge >= 0.3 is 0 Å². The summed E-state index contributed by atoms with van der Waals surface area (Å²) in [6.45, 7) is 2.36. The monoisotopic (exact) mass is 377 g/mol. The zero-order valence-electron chi connectivity index (χ0n) is 15.7. The number of fused-ring (bicyclic) bond motifs is 1. The number of benzene rings is 1. The van der Waals surface area contributed by atoms with Gasteiger partial charge in [0.15, 0.2) is 5.82 Å². The van der Waals surface area contributed by atoms with E-state index in [2.05, 4.69) is 25.7 Å². The van der Waals surface area contributed by atoms with Gasteiger partial charge in [-0.25, -0.2) is 9.97 Å². The first-order valence-corrected chi connectivity index (χ1v) is 9.98. The maximum absolute atomic E-state index is 12.9. The first kappa shape index (κ1) is 17.2. The SMILES string of the molecule is O=C(c1nc2ccccc2c(=O)[nH]1)N1CCC(c2nccn2CC2CC2)CC1. The summed E-state index contributed by atoms with van der Waals surface area (Å²) in [4.78, 5) is 38.5. The van der Waals surface area contributed by atoms with Crippen LogP contribution >= 0.6 is 0 Å². The molecule has 1 aliphatic heterocycles. The number of aromatic nitrogens is 4. The molecule has 5 rings (SSSR count). The highest BCUT2D eigenvalue weighted by atomic mass is 16.2. The molecular weight excluding hydrogens is 354 g/mol. The Hall–Kier alpha value is -2.96. The van der Waals surface area contributed by atoms with Crippen molar-refractivity contribution in [2.24, 2.45) is 5.92 Å². The molecule has 144 valence electrons. The minimum absolute atomic E-state index is 0.123. The number of rotatable bonds is 4. The summed E-state index contributed by atoms with van der Waals surface area (Å²) in [7, 11) is 0. The molecule has 0 unspecified atom stereocenters. The summed E-state index contributed by atoms with van der Waals surface area (Å²) in [5, 5.41) is 0.500. The van der Waals surface area contributed by atoms with Crippen molar-refractivity contribution < 1.29 is 4.79 Å². The molecule has 0 atom stereocenters. The molecule has 7 nitrogen and oxygen atoms in total. The number of H-pyrrole nitrogens is 1. The van der Waals surface area contributed by atoms with Crippen LogP contribution in [0, 0.1) is 5.92 Å². The van der Waals surface area contributed by atoms with Crippen LogP contribution in [-0.4, -0.2) is 43.4 Å². The number of hydrogen-bond donors (Lipinski definition) is 1. The number of carbonyl (C=O) groups excluding carboxylic acids is 1. The molecule has 1 aromatic carbocycles. The normalized spacial score (nSPS) is 17.9. The summed E-state index contributed by atoms with van der Waals surface area (Å²) >= 11 is 0. The van der Waals surface area contributed by atoms with E-state index in [1.165, 1.54) is 12.8 Å².